The van der Waals surface area contributed by atoms with Crippen molar-refractivity contribution in [2.75, 3.05) is 125 Å². The van der Waals surface area contributed by atoms with Crippen molar-refractivity contribution in [2.45, 2.75) is 84.9 Å². The van der Waals surface area contributed by atoms with Gasteiger partial charge in [0.25, 0.3) is 0 Å². The number of carboxylic acids is 3. The normalized spacial score (nSPS) is 16.8. The Morgan fingerprint density at radius 2 is 0.750 bits per heavy atom. The number of ether oxygens (including phenoxy) is 4. The third kappa shape index (κ3) is 20.7. The lowest BCUT2D eigenvalue weighted by Crippen LogP contribution is -2.71. The summed E-state index contributed by atoms with van der Waals surface area (Å²) in [5.74, 6) is -9.02. The monoisotopic (exact) mass is 1460 g/mol. The number of alkyl halides is 27. The number of hydrogen-bond acceptors (Lipinski definition) is 17. The molecule has 552 valence electrons. The highest BCUT2D eigenvalue weighted by molar-refractivity contribution is 5.90. The Kier molecular flexibility index (Phi) is 27.4. The first-order chi connectivity index (χ1) is 43.4. The molecular formula is C48H50F27N8O13-3. The number of carbonyl (C=O) groups is 6. The van der Waals surface area contributed by atoms with Crippen molar-refractivity contribution in [3.05, 3.63) is 36.0 Å². The van der Waals surface area contributed by atoms with Crippen molar-refractivity contribution in [2.24, 2.45) is 5.41 Å². The Morgan fingerprint density at radius 3 is 1.07 bits per heavy atom. The maximum atomic E-state index is 14.0. The molecule has 0 saturated carbocycles. The number of rotatable bonds is 28. The largest absolute Gasteiger partial charge is 0.549 e. The zero-order valence-corrected chi connectivity index (χ0v) is 47.9. The lowest BCUT2D eigenvalue weighted by molar-refractivity contribution is -0.474. The number of nitrogens with one attached hydrogen (secondary N) is 4. The molecule has 0 aliphatic carbocycles. The van der Waals surface area contributed by atoms with Crippen LogP contribution in [-0.4, -0.2) is 263 Å². The van der Waals surface area contributed by atoms with Crippen molar-refractivity contribution >= 4 is 46.5 Å². The van der Waals surface area contributed by atoms with Gasteiger partial charge in [0, 0.05) is 109 Å². The van der Waals surface area contributed by atoms with Crippen LogP contribution in [0.15, 0.2) is 30.5 Å². The molecule has 0 radical (unpaired) electrons. The van der Waals surface area contributed by atoms with Crippen LogP contribution in [0.5, 0.6) is 0 Å². The Labute approximate surface area is 519 Å². The number of carbonyl (C=O) groups excluding carboxylic acids is 6. The van der Waals surface area contributed by atoms with Gasteiger partial charge >= 0.3 is 72.4 Å². The number of nitrogens with zero attached hydrogens (tertiary/aromatic N) is 4. The second kappa shape index (κ2) is 31.5. The molecule has 2 heterocycles. The number of carboxylic acid groups (broad SMARTS) is 3. The molecule has 1 atom stereocenters. The van der Waals surface area contributed by atoms with Gasteiger partial charge in [-0.05, 0) is 11.6 Å². The summed E-state index contributed by atoms with van der Waals surface area (Å²) in [4.78, 5) is 83.2. The van der Waals surface area contributed by atoms with Crippen LogP contribution in [0.25, 0.3) is 10.9 Å². The average Bonchev–Trinajstić information content (AvgIpc) is 0.831. The number of benzene rings is 1. The van der Waals surface area contributed by atoms with Crippen LogP contribution < -0.4 is 31.3 Å². The van der Waals surface area contributed by atoms with E-state index < -0.39 is 198 Å². The molecule has 1 unspecified atom stereocenters. The van der Waals surface area contributed by atoms with E-state index in [1.165, 1.54) is 37.9 Å². The summed E-state index contributed by atoms with van der Waals surface area (Å²) < 4.78 is 390. The molecule has 1 aromatic heterocycles. The number of amides is 3. The van der Waals surface area contributed by atoms with Crippen LogP contribution in [0.2, 0.25) is 0 Å². The molecule has 0 bridgehead atoms. The van der Waals surface area contributed by atoms with Crippen molar-refractivity contribution in [1.29, 1.82) is 0 Å². The molecule has 4 N–H and O–H groups in total. The van der Waals surface area contributed by atoms with Gasteiger partial charge in [-0.2, -0.15) is 119 Å². The summed E-state index contributed by atoms with van der Waals surface area (Å²) in [6, 6.07) is 4.39. The molecular weight excluding hydrogens is 1410 g/mol. The zero-order valence-electron chi connectivity index (χ0n) is 47.9. The molecule has 3 amide bonds. The number of fused-ring (bicyclic) bond motifs is 1. The molecule has 48 heteroatoms. The van der Waals surface area contributed by atoms with E-state index in [4.69, 9.17) is 0 Å². The number of halogens is 27. The first kappa shape index (κ1) is 83.6. The quantitative estimate of drug-likeness (QED) is 0.0703. The Balaban J connectivity index is 2.07. The van der Waals surface area contributed by atoms with E-state index >= 15 is 0 Å². The SMILES string of the molecule is O=C([O-])CN1CCN(CC(=O)[O-])CCN(CC(=O)NC(Cc2c[nH]c3ccccc23)C(=O)NCCNC(=O)COCC(COC(C(F)(F)F)(C(F)(F)F)C(F)(F)F)(COC(C(F)(F)F)(C(F)(F)F)C(F)(F)F)COC(C(F)(F)F)(C(F)(F)F)C(F)(F)F)CCN(CC(=O)[O-])CC1. The lowest BCUT2D eigenvalue weighted by atomic mass is 9.89. The molecule has 1 aliphatic heterocycles. The minimum absolute atomic E-state index is 0.118. The molecule has 2 aromatic rings. The van der Waals surface area contributed by atoms with Gasteiger partial charge in [-0.15, -0.1) is 0 Å². The van der Waals surface area contributed by atoms with Gasteiger partial charge in [0.05, 0.1) is 56.3 Å². The van der Waals surface area contributed by atoms with Gasteiger partial charge in [-0.1, -0.05) is 18.2 Å². The fourth-order valence-electron chi connectivity index (χ4n) is 9.07. The van der Waals surface area contributed by atoms with Crippen LogP contribution in [-0.2, 0) is 54.1 Å². The van der Waals surface area contributed by atoms with Gasteiger partial charge in [0.2, 0.25) is 17.7 Å². The van der Waals surface area contributed by atoms with E-state index in [9.17, 15) is 163 Å². The fourth-order valence-corrected chi connectivity index (χ4v) is 9.07. The molecule has 1 fully saturated rings. The van der Waals surface area contributed by atoms with E-state index in [0.29, 0.717) is 10.9 Å². The summed E-state index contributed by atoms with van der Waals surface area (Å²) in [5, 5.41) is 41.2. The Hall–Kier alpha value is -6.63. The van der Waals surface area contributed by atoms with Gasteiger partial charge in [-0.25, -0.2) is 0 Å². The van der Waals surface area contributed by atoms with Gasteiger partial charge < -0.3 is 69.6 Å². The standard InChI is InChI=1S/C48H53F27N8O13/c49-40(50,51)37(41(52,53)54,42(55,56)57)94-23-36(24-95-38(43(58,59)60,44(61,62)63)45(64,65)66,25-96-39(46(67,68)69,47(70,71)72)48(73,74)75)22-93-21-31(85)76-5-6-77-35(92)29(15-26-16-78-28-4-2-1-3-27(26)28)79-30(84)17-80-7-9-81(18-32(86)87)11-13-83(20-34(90)91)14-12-82(10-8-80)19-33(88)89/h1-4,16,29,78H,5-15,17-25H2,(H,76,85)(H,77,92)(H,79,84)(H,86,87)(H,88,89)(H,90,91)/p-3. The fraction of sp³-hybridized carbons (Fsp3) is 0.708. The highest BCUT2D eigenvalue weighted by Gasteiger charge is 2.89. The third-order valence-electron chi connectivity index (χ3n) is 13.9. The molecule has 21 nitrogen and oxygen atoms in total. The topological polar surface area (TPSA) is 273 Å². The summed E-state index contributed by atoms with van der Waals surface area (Å²) in [6.07, 6.45) is -73.0. The molecule has 1 saturated heterocycles. The number of H-pyrrole nitrogens is 1. The van der Waals surface area contributed by atoms with E-state index in [1.807, 2.05) is 0 Å². The number of para-hydroxylation sites is 1. The highest BCUT2D eigenvalue weighted by atomic mass is 19.5. The summed E-state index contributed by atoms with van der Waals surface area (Å²) >= 11 is 0. The van der Waals surface area contributed by atoms with Crippen molar-refractivity contribution in [3.63, 3.8) is 0 Å². The van der Waals surface area contributed by atoms with Crippen LogP contribution in [0.4, 0.5) is 119 Å². The predicted molar refractivity (Wildman–Crippen MR) is 255 cm³/mol. The van der Waals surface area contributed by atoms with E-state index in [-0.39, 0.29) is 57.9 Å². The summed E-state index contributed by atoms with van der Waals surface area (Å²) in [5.41, 5.74) is -29.0. The molecule has 1 aromatic carbocycles. The van der Waals surface area contributed by atoms with Crippen molar-refractivity contribution in [3.8, 4) is 0 Å². The first-order valence-electron chi connectivity index (χ1n) is 26.4. The van der Waals surface area contributed by atoms with Crippen LogP contribution in [0.3, 0.4) is 0 Å². The number of aromatic nitrogens is 1. The Morgan fingerprint density at radius 1 is 0.438 bits per heavy atom. The average molecular weight is 1460 g/mol. The van der Waals surface area contributed by atoms with Crippen LogP contribution >= 0.6 is 0 Å². The van der Waals surface area contributed by atoms with Gasteiger partial charge in [0.1, 0.15) is 12.6 Å². The zero-order chi connectivity index (χ0) is 73.9. The number of hydrogen-bond donors (Lipinski definition) is 4. The molecule has 1 aliphatic rings. The minimum atomic E-state index is -8.21. The second-order valence-electron chi connectivity index (χ2n) is 20.9. The van der Waals surface area contributed by atoms with Crippen molar-refractivity contribution in [1.82, 2.24) is 40.5 Å². The molecule has 0 spiro atoms. The smallest absolute Gasteiger partial charge is 0.435 e. The lowest BCUT2D eigenvalue weighted by Gasteiger charge is -2.45. The third-order valence-corrected chi connectivity index (χ3v) is 13.9. The molecule has 3 rings (SSSR count). The van der Waals surface area contributed by atoms with E-state index in [1.54, 1.807) is 17.4 Å². The maximum absolute atomic E-state index is 14.0. The highest BCUT2D eigenvalue weighted by Crippen LogP contribution is 2.59. The maximum Gasteiger partial charge on any atom is 0.435 e. The summed E-state index contributed by atoms with van der Waals surface area (Å²) in [7, 11) is 0. The minimum Gasteiger partial charge on any atom is -0.549 e. The summed E-state index contributed by atoms with van der Waals surface area (Å²) in [6.45, 7) is -24.5. The van der Waals surface area contributed by atoms with E-state index in [0.717, 1.165) is 0 Å². The van der Waals surface area contributed by atoms with Crippen molar-refractivity contribution < 1.29 is 182 Å². The van der Waals surface area contributed by atoms with Crippen LogP contribution in [0.1, 0.15) is 5.56 Å². The number of aromatic amines is 1. The molecule has 96 heavy (non-hydrogen) atoms. The predicted octanol–water partition coefficient (Wildman–Crippen LogP) is 2.23. The first-order valence-corrected chi connectivity index (χ1v) is 26.4. The van der Waals surface area contributed by atoms with Gasteiger partial charge in [-0.3, -0.25) is 34.0 Å². The second-order valence-corrected chi connectivity index (χ2v) is 20.9. The van der Waals surface area contributed by atoms with Crippen LogP contribution in [0, 0.1) is 5.41 Å². The van der Waals surface area contributed by atoms with E-state index in [2.05, 4.69) is 34.6 Å². The van der Waals surface area contributed by atoms with Gasteiger partial charge in [0.15, 0.2) is 0 Å². The number of aliphatic carboxylic acids is 3. The Bertz CT molecular complexity index is 2660.